The van der Waals surface area contributed by atoms with E-state index in [-0.39, 0.29) is 24.8 Å². The van der Waals surface area contributed by atoms with Crippen molar-refractivity contribution in [2.45, 2.75) is 30.9 Å². The van der Waals surface area contributed by atoms with E-state index in [1.54, 1.807) is 0 Å². The van der Waals surface area contributed by atoms with Gasteiger partial charge in [0.05, 0.1) is 5.41 Å². The number of halogens is 3. The lowest BCUT2D eigenvalue weighted by Gasteiger charge is -2.19. The molecular weight excluding hydrogens is 261 g/mol. The van der Waals surface area contributed by atoms with Crippen LogP contribution in [0.3, 0.4) is 0 Å². The van der Waals surface area contributed by atoms with Crippen molar-refractivity contribution in [2.75, 3.05) is 0 Å². The number of Topliss-reactive ketones (excluding diaryl/α,β-unsaturated/α-hetero) is 1. The number of carbonyl (C=O) groups is 2. The molecule has 102 valence electrons. The Morgan fingerprint density at radius 2 is 1.68 bits per heavy atom. The molecule has 1 aromatic carbocycles. The zero-order valence-electron chi connectivity index (χ0n) is 9.83. The van der Waals surface area contributed by atoms with Crippen molar-refractivity contribution < 1.29 is 27.9 Å². The Bertz CT molecular complexity index is 513. The predicted molar refractivity (Wildman–Crippen MR) is 59.8 cm³/mol. The van der Waals surface area contributed by atoms with Gasteiger partial charge in [-0.05, 0) is 24.0 Å². The molecule has 1 aliphatic rings. The molecule has 0 spiro atoms. The Morgan fingerprint density at radius 3 is 2.05 bits per heavy atom. The van der Waals surface area contributed by atoms with Gasteiger partial charge in [0.2, 0.25) is 5.78 Å². The summed E-state index contributed by atoms with van der Waals surface area (Å²) in [6.07, 6.45) is -4.44. The van der Waals surface area contributed by atoms with Crippen LogP contribution in [0.2, 0.25) is 0 Å². The maximum atomic E-state index is 12.9. The summed E-state index contributed by atoms with van der Waals surface area (Å²) >= 11 is 0. The first-order valence-electron chi connectivity index (χ1n) is 5.68. The Balaban J connectivity index is 2.16. The van der Waals surface area contributed by atoms with Crippen molar-refractivity contribution >= 4 is 11.8 Å². The van der Waals surface area contributed by atoms with Crippen LogP contribution in [0.4, 0.5) is 13.2 Å². The average Bonchev–Trinajstić information content (AvgIpc) is 3.10. The lowest BCUT2D eigenvalue weighted by molar-refractivity contribution is -0.160. The smallest absolute Gasteiger partial charge is 0.398 e. The molecule has 0 amide bonds. The van der Waals surface area contributed by atoms with E-state index in [4.69, 9.17) is 5.11 Å². The fourth-order valence-corrected chi connectivity index (χ4v) is 2.06. The summed E-state index contributed by atoms with van der Waals surface area (Å²) in [6.45, 7) is 0. The number of aliphatic carboxylic acids is 1. The molecule has 1 saturated carbocycles. The van der Waals surface area contributed by atoms with E-state index in [0.717, 1.165) is 0 Å². The molecule has 2 rings (SSSR count). The summed E-state index contributed by atoms with van der Waals surface area (Å²) < 4.78 is 38.6. The van der Waals surface area contributed by atoms with E-state index >= 15 is 0 Å². The fraction of sp³-hybridized carbons (Fsp3) is 0.385. The molecule has 0 heterocycles. The molecule has 1 N–H and O–H groups in total. The number of alkyl halides is 3. The number of rotatable bonds is 4. The molecule has 0 radical (unpaired) electrons. The molecule has 19 heavy (non-hydrogen) atoms. The van der Waals surface area contributed by atoms with Crippen LogP contribution in [-0.2, 0) is 21.4 Å². The van der Waals surface area contributed by atoms with E-state index in [1.165, 1.54) is 24.3 Å². The van der Waals surface area contributed by atoms with Crippen LogP contribution in [0.25, 0.3) is 0 Å². The Labute approximate surface area is 107 Å². The maximum Gasteiger partial charge on any atom is 0.398 e. The predicted octanol–water partition coefficient (Wildman–Crippen LogP) is 2.48. The topological polar surface area (TPSA) is 54.4 Å². The van der Waals surface area contributed by atoms with E-state index in [2.05, 4.69) is 0 Å². The van der Waals surface area contributed by atoms with Gasteiger partial charge in [-0.1, -0.05) is 24.3 Å². The maximum absolute atomic E-state index is 12.9. The molecule has 0 aromatic heterocycles. The molecule has 0 saturated heterocycles. The zero-order valence-corrected chi connectivity index (χ0v) is 9.83. The summed E-state index contributed by atoms with van der Waals surface area (Å²) in [5.74, 6) is -2.53. The van der Waals surface area contributed by atoms with Gasteiger partial charge in [-0.25, -0.2) is 4.79 Å². The van der Waals surface area contributed by atoms with Crippen LogP contribution in [0.5, 0.6) is 0 Å². The van der Waals surface area contributed by atoms with Gasteiger partial charge in [0.1, 0.15) is 0 Å². The van der Waals surface area contributed by atoms with Crippen molar-refractivity contribution in [2.24, 2.45) is 0 Å². The summed E-state index contributed by atoms with van der Waals surface area (Å²) in [4.78, 5) is 21.4. The van der Waals surface area contributed by atoms with Gasteiger partial charge in [0, 0.05) is 6.42 Å². The molecule has 1 aromatic rings. The minimum Gasteiger partial charge on any atom is -0.475 e. The number of carboxylic acid groups (broad SMARTS) is 1. The van der Waals surface area contributed by atoms with Crippen LogP contribution < -0.4 is 0 Å². The molecule has 3 nitrogen and oxygen atoms in total. The molecule has 1 aliphatic carbocycles. The second-order valence-corrected chi connectivity index (χ2v) is 4.68. The first-order valence-corrected chi connectivity index (χ1v) is 5.68. The summed E-state index contributed by atoms with van der Waals surface area (Å²) in [5.41, 5.74) is -1.18. The lowest BCUT2D eigenvalue weighted by Crippen LogP contribution is -2.28. The summed E-state index contributed by atoms with van der Waals surface area (Å²) in [7, 11) is 0. The van der Waals surface area contributed by atoms with Crippen molar-refractivity contribution in [1.82, 2.24) is 0 Å². The van der Waals surface area contributed by atoms with Crippen molar-refractivity contribution in [1.29, 1.82) is 0 Å². The number of carboxylic acids is 1. The first kappa shape index (κ1) is 13.6. The number of carbonyl (C=O) groups excluding carboxylic acids is 1. The number of hydrogen-bond acceptors (Lipinski definition) is 2. The van der Waals surface area contributed by atoms with Crippen LogP contribution in [0.15, 0.2) is 24.3 Å². The standard InChI is InChI=1S/C13H11F3O3/c14-13(15,16)12(5-6-12)9-3-1-8(2-4-9)7-10(17)11(18)19/h1-4H,5-7H2,(H,18,19). The van der Waals surface area contributed by atoms with E-state index in [9.17, 15) is 22.8 Å². The molecule has 0 bridgehead atoms. The van der Waals surface area contributed by atoms with Crippen molar-refractivity contribution in [3.8, 4) is 0 Å². The third kappa shape index (κ3) is 2.47. The largest absolute Gasteiger partial charge is 0.475 e. The first-order chi connectivity index (χ1) is 8.76. The Morgan fingerprint density at radius 1 is 1.16 bits per heavy atom. The van der Waals surface area contributed by atoms with Gasteiger partial charge < -0.3 is 5.11 Å². The second kappa shape index (κ2) is 4.36. The van der Waals surface area contributed by atoms with Crippen molar-refractivity contribution in [3.63, 3.8) is 0 Å². The highest BCUT2D eigenvalue weighted by Crippen LogP contribution is 2.58. The van der Waals surface area contributed by atoms with Gasteiger partial charge in [0.25, 0.3) is 0 Å². The number of benzene rings is 1. The van der Waals surface area contributed by atoms with Crippen LogP contribution in [-0.4, -0.2) is 23.0 Å². The lowest BCUT2D eigenvalue weighted by atomic mass is 9.93. The minimum atomic E-state index is -4.27. The van der Waals surface area contributed by atoms with Crippen molar-refractivity contribution in [3.05, 3.63) is 35.4 Å². The van der Waals surface area contributed by atoms with Crippen LogP contribution >= 0.6 is 0 Å². The van der Waals surface area contributed by atoms with Crippen LogP contribution in [0, 0.1) is 0 Å². The number of ketones is 1. The third-order valence-corrected chi connectivity index (χ3v) is 3.40. The minimum absolute atomic E-state index is 0.0733. The van der Waals surface area contributed by atoms with E-state index in [1.807, 2.05) is 0 Å². The highest BCUT2D eigenvalue weighted by molar-refractivity contribution is 6.33. The molecule has 0 atom stereocenters. The normalized spacial score (nSPS) is 17.0. The average molecular weight is 272 g/mol. The van der Waals surface area contributed by atoms with E-state index < -0.39 is 23.3 Å². The van der Waals surface area contributed by atoms with Gasteiger partial charge >= 0.3 is 12.1 Å². The van der Waals surface area contributed by atoms with Gasteiger partial charge in [-0.2, -0.15) is 13.2 Å². The molecule has 1 fully saturated rings. The molecule has 6 heteroatoms. The molecule has 0 unspecified atom stereocenters. The highest BCUT2D eigenvalue weighted by Gasteiger charge is 2.64. The SMILES string of the molecule is O=C(O)C(=O)Cc1ccc(C2(C(F)(F)F)CC2)cc1. The number of hydrogen-bond donors (Lipinski definition) is 1. The second-order valence-electron chi connectivity index (χ2n) is 4.68. The zero-order chi connectivity index (χ0) is 14.3. The molecular formula is C13H11F3O3. The highest BCUT2D eigenvalue weighted by atomic mass is 19.4. The quantitative estimate of drug-likeness (QED) is 0.857. The monoisotopic (exact) mass is 272 g/mol. The third-order valence-electron chi connectivity index (χ3n) is 3.40. The van der Waals surface area contributed by atoms with Gasteiger partial charge in [-0.15, -0.1) is 0 Å². The van der Waals surface area contributed by atoms with Gasteiger partial charge in [0.15, 0.2) is 0 Å². The van der Waals surface area contributed by atoms with Gasteiger partial charge in [-0.3, -0.25) is 4.79 Å². The fourth-order valence-electron chi connectivity index (χ4n) is 2.06. The summed E-state index contributed by atoms with van der Waals surface area (Å²) in [6, 6.07) is 5.40. The van der Waals surface area contributed by atoms with Crippen LogP contribution in [0.1, 0.15) is 24.0 Å². The van der Waals surface area contributed by atoms with E-state index in [0.29, 0.717) is 5.56 Å². The Hall–Kier alpha value is -1.85. The summed E-state index contributed by atoms with van der Waals surface area (Å²) in [5, 5.41) is 8.45. The molecule has 0 aliphatic heterocycles. The Kier molecular flexibility index (Phi) is 3.12.